The number of nitrogens with zero attached hydrogens (tertiary/aromatic N) is 1. The molecule has 0 saturated heterocycles. The van der Waals surface area contributed by atoms with Gasteiger partial charge in [0.05, 0.1) is 25.5 Å². The number of rotatable bonds is 6. The Kier molecular flexibility index (Phi) is 6.34. The normalized spacial score (nSPS) is 12.4. The molecule has 0 fully saturated rings. The Morgan fingerprint density at radius 3 is 2.26 bits per heavy atom. The van der Waals surface area contributed by atoms with Gasteiger partial charge in [-0.3, -0.25) is 4.79 Å². The molecule has 0 unspecified atom stereocenters. The Bertz CT molecular complexity index is 1250. The van der Waals surface area contributed by atoms with Crippen molar-refractivity contribution in [2.75, 3.05) is 20.8 Å². The molecular weight excluding hydrogens is 428 g/mol. The van der Waals surface area contributed by atoms with Gasteiger partial charge in [-0.15, -0.1) is 0 Å². The fourth-order valence-corrected chi connectivity index (χ4v) is 4.94. The molecule has 4 rings (SSSR count). The van der Waals surface area contributed by atoms with Crippen LogP contribution in [0, 0.1) is 26.7 Å². The largest absolute Gasteiger partial charge is 0.507 e. The molecule has 180 valence electrons. The Labute approximate surface area is 201 Å². The van der Waals surface area contributed by atoms with E-state index < -0.39 is 0 Å². The highest BCUT2D eigenvalue weighted by Crippen LogP contribution is 2.45. The zero-order valence-electron chi connectivity index (χ0n) is 21.1. The quantitative estimate of drug-likeness (QED) is 0.514. The summed E-state index contributed by atoms with van der Waals surface area (Å²) in [7, 11) is 3.26. The molecule has 0 saturated carbocycles. The Hall–Kier alpha value is -3.41. The molecule has 2 aromatic carbocycles. The second-order valence-corrected chi connectivity index (χ2v) is 9.51. The van der Waals surface area contributed by atoms with Gasteiger partial charge in [-0.25, -0.2) is 0 Å². The van der Waals surface area contributed by atoms with Crippen LogP contribution in [-0.2, 0) is 13.0 Å². The number of methoxy groups -OCH3 is 2. The minimum Gasteiger partial charge on any atom is -0.507 e. The lowest BCUT2D eigenvalue weighted by Gasteiger charge is -2.23. The Morgan fingerprint density at radius 1 is 1.06 bits per heavy atom. The minimum atomic E-state index is -0.0911. The zero-order valence-corrected chi connectivity index (χ0v) is 21.1. The highest BCUT2D eigenvalue weighted by Gasteiger charge is 2.32. The van der Waals surface area contributed by atoms with Crippen LogP contribution in [0.15, 0.2) is 24.3 Å². The Balaban J connectivity index is 2.02. The molecule has 0 spiro atoms. The molecule has 3 aromatic rings. The second-order valence-electron chi connectivity index (χ2n) is 9.51. The lowest BCUT2D eigenvalue weighted by molar-refractivity contribution is 0.0950. The number of fused-ring (bicyclic) bond motifs is 3. The van der Waals surface area contributed by atoms with E-state index in [0.717, 1.165) is 57.7 Å². The van der Waals surface area contributed by atoms with Gasteiger partial charge in [-0.05, 0) is 79.6 Å². The maximum atomic E-state index is 13.7. The van der Waals surface area contributed by atoms with Crippen molar-refractivity contribution >= 4 is 5.91 Å². The van der Waals surface area contributed by atoms with Gasteiger partial charge < -0.3 is 24.5 Å². The summed E-state index contributed by atoms with van der Waals surface area (Å²) in [4.78, 5) is 13.7. The van der Waals surface area contributed by atoms with Crippen molar-refractivity contribution in [3.8, 4) is 39.6 Å². The van der Waals surface area contributed by atoms with E-state index in [0.29, 0.717) is 35.3 Å². The van der Waals surface area contributed by atoms with Crippen molar-refractivity contribution < 1.29 is 19.4 Å². The third-order valence-corrected chi connectivity index (χ3v) is 6.67. The standard InChI is InChI=1S/C28H34N2O4/c1-15(2)14-29-28(32)25-24(20-10-16(3)27(31)17(4)11-20)18(5)30-9-8-19-12-22(33-6)23(34-7)13-21(19)26(25)30/h10-13,15,31H,8-9,14H2,1-7H3,(H,29,32). The number of aromatic hydroxyl groups is 1. The number of carbonyl (C=O) groups excluding carboxylic acids is 1. The maximum Gasteiger partial charge on any atom is 0.254 e. The number of hydrogen-bond acceptors (Lipinski definition) is 4. The SMILES string of the molecule is COc1cc2c(cc1OC)-c1c(C(=O)NCC(C)C)c(-c3cc(C)c(O)c(C)c3)c(C)n1CC2. The third kappa shape index (κ3) is 3.91. The molecule has 0 atom stereocenters. The summed E-state index contributed by atoms with van der Waals surface area (Å²) in [5.41, 5.74) is 8.14. The van der Waals surface area contributed by atoms with Crippen molar-refractivity contribution in [3.05, 3.63) is 52.2 Å². The van der Waals surface area contributed by atoms with E-state index in [4.69, 9.17) is 9.47 Å². The number of aryl methyl sites for hydroxylation is 3. The van der Waals surface area contributed by atoms with Crippen molar-refractivity contribution in [2.24, 2.45) is 5.92 Å². The van der Waals surface area contributed by atoms with Crippen LogP contribution in [0.5, 0.6) is 17.2 Å². The molecule has 2 N–H and O–H groups in total. The van der Waals surface area contributed by atoms with Gasteiger partial charge >= 0.3 is 0 Å². The molecule has 0 aliphatic carbocycles. The first-order valence-electron chi connectivity index (χ1n) is 11.7. The molecular formula is C28H34N2O4. The molecule has 0 bridgehead atoms. The molecule has 0 radical (unpaired) electrons. The van der Waals surface area contributed by atoms with Crippen molar-refractivity contribution in [1.29, 1.82) is 0 Å². The van der Waals surface area contributed by atoms with Gasteiger partial charge in [0, 0.05) is 29.9 Å². The van der Waals surface area contributed by atoms with Crippen LogP contribution in [0.3, 0.4) is 0 Å². The summed E-state index contributed by atoms with van der Waals surface area (Å²) in [6.45, 7) is 11.4. The average Bonchev–Trinajstić information content (AvgIpc) is 3.12. The summed E-state index contributed by atoms with van der Waals surface area (Å²) < 4.78 is 13.4. The van der Waals surface area contributed by atoms with Gasteiger partial charge in [0.1, 0.15) is 5.75 Å². The minimum absolute atomic E-state index is 0.0911. The topological polar surface area (TPSA) is 72.7 Å². The number of amides is 1. The van der Waals surface area contributed by atoms with Gasteiger partial charge in [0.25, 0.3) is 5.91 Å². The fourth-order valence-electron chi connectivity index (χ4n) is 4.94. The number of carbonyl (C=O) groups is 1. The molecule has 1 aromatic heterocycles. The van der Waals surface area contributed by atoms with Crippen LogP contribution in [0.1, 0.15) is 46.6 Å². The van der Waals surface area contributed by atoms with Gasteiger partial charge in [0.15, 0.2) is 11.5 Å². The number of benzene rings is 2. The van der Waals surface area contributed by atoms with E-state index >= 15 is 0 Å². The predicted octanol–water partition coefficient (Wildman–Crippen LogP) is 5.41. The van der Waals surface area contributed by atoms with E-state index in [1.165, 1.54) is 0 Å². The van der Waals surface area contributed by atoms with Crippen LogP contribution in [0.25, 0.3) is 22.4 Å². The van der Waals surface area contributed by atoms with Crippen LogP contribution < -0.4 is 14.8 Å². The van der Waals surface area contributed by atoms with E-state index in [9.17, 15) is 9.90 Å². The maximum absolute atomic E-state index is 13.7. The first-order chi connectivity index (χ1) is 16.2. The molecule has 1 amide bonds. The fraction of sp³-hybridized carbons (Fsp3) is 0.393. The summed E-state index contributed by atoms with van der Waals surface area (Å²) in [6, 6.07) is 7.93. The monoisotopic (exact) mass is 462 g/mol. The molecule has 34 heavy (non-hydrogen) atoms. The first-order valence-corrected chi connectivity index (χ1v) is 11.7. The summed E-state index contributed by atoms with van der Waals surface area (Å²) in [5.74, 6) is 1.86. The van der Waals surface area contributed by atoms with Crippen LogP contribution in [0.2, 0.25) is 0 Å². The summed E-state index contributed by atoms with van der Waals surface area (Å²) in [5, 5.41) is 13.5. The van der Waals surface area contributed by atoms with Gasteiger partial charge in [-0.1, -0.05) is 13.8 Å². The number of nitrogens with one attached hydrogen (secondary N) is 1. The summed E-state index contributed by atoms with van der Waals surface area (Å²) >= 11 is 0. The van der Waals surface area contributed by atoms with Crippen molar-refractivity contribution in [1.82, 2.24) is 9.88 Å². The summed E-state index contributed by atoms with van der Waals surface area (Å²) in [6.07, 6.45) is 0.832. The first kappa shape index (κ1) is 23.7. The number of ether oxygens (including phenoxy) is 2. The smallest absolute Gasteiger partial charge is 0.254 e. The van der Waals surface area contributed by atoms with Crippen LogP contribution >= 0.6 is 0 Å². The van der Waals surface area contributed by atoms with Crippen LogP contribution in [-0.4, -0.2) is 36.3 Å². The van der Waals surface area contributed by atoms with Crippen LogP contribution in [0.4, 0.5) is 0 Å². The average molecular weight is 463 g/mol. The molecule has 1 aliphatic heterocycles. The van der Waals surface area contributed by atoms with E-state index in [-0.39, 0.29) is 5.91 Å². The number of phenolic OH excluding ortho intramolecular Hbond substituents is 1. The van der Waals surface area contributed by atoms with Crippen molar-refractivity contribution in [2.45, 2.75) is 47.6 Å². The van der Waals surface area contributed by atoms with Crippen molar-refractivity contribution in [3.63, 3.8) is 0 Å². The van der Waals surface area contributed by atoms with E-state index in [2.05, 4.69) is 30.7 Å². The second kappa shape index (κ2) is 9.09. The molecule has 6 heteroatoms. The lowest BCUT2D eigenvalue weighted by Crippen LogP contribution is -2.28. The third-order valence-electron chi connectivity index (χ3n) is 6.67. The number of aromatic nitrogens is 1. The number of phenols is 1. The van der Waals surface area contributed by atoms with E-state index in [1.807, 2.05) is 38.1 Å². The highest BCUT2D eigenvalue weighted by molar-refractivity contribution is 6.08. The molecule has 1 aliphatic rings. The predicted molar refractivity (Wildman–Crippen MR) is 135 cm³/mol. The van der Waals surface area contributed by atoms with Gasteiger partial charge in [0.2, 0.25) is 0 Å². The Morgan fingerprint density at radius 2 is 1.68 bits per heavy atom. The zero-order chi connectivity index (χ0) is 24.7. The molecule has 6 nitrogen and oxygen atoms in total. The number of hydrogen-bond donors (Lipinski definition) is 2. The molecule has 2 heterocycles. The van der Waals surface area contributed by atoms with E-state index in [1.54, 1.807) is 14.2 Å². The van der Waals surface area contributed by atoms with Gasteiger partial charge in [-0.2, -0.15) is 0 Å². The lowest BCUT2D eigenvalue weighted by atomic mass is 9.92. The highest BCUT2D eigenvalue weighted by atomic mass is 16.5.